The van der Waals surface area contributed by atoms with Crippen LogP contribution in [-0.2, 0) is 33.2 Å². The molecule has 3 fully saturated rings. The Bertz CT molecular complexity index is 478. The normalized spacial score (nSPS) is 42.4. The third-order valence-corrected chi connectivity index (χ3v) is 4.37. The summed E-state index contributed by atoms with van der Waals surface area (Å²) in [6.07, 6.45) is -2.55. The average Bonchev–Trinajstić information content (AvgIpc) is 3.01. The number of ether oxygens (including phenoxy) is 6. The van der Waals surface area contributed by atoms with Gasteiger partial charge in [-0.2, -0.15) is 0 Å². The van der Waals surface area contributed by atoms with E-state index >= 15 is 0 Å². The molecule has 1 unspecified atom stereocenters. The first-order valence-electron chi connectivity index (χ1n) is 7.75. The standard InChI is InChI=1S/C15H23BrO7/c1-7(16)12(17)19-10-9(8-6-18-14(2,3)21-8)20-13-11(10)22-15(4,5)23-13/h7-11,13H,6H2,1-5H3/t7?,8-,9-,10-,11-,13-/m1/s1. The van der Waals surface area contributed by atoms with Gasteiger partial charge in [-0.3, -0.25) is 4.79 Å². The van der Waals surface area contributed by atoms with Gasteiger partial charge in [0.15, 0.2) is 30.1 Å². The average molecular weight is 395 g/mol. The molecule has 3 aliphatic rings. The fourth-order valence-electron chi connectivity index (χ4n) is 3.04. The fourth-order valence-corrected chi connectivity index (χ4v) is 3.15. The molecule has 0 aliphatic carbocycles. The summed E-state index contributed by atoms with van der Waals surface area (Å²) in [7, 11) is 0. The molecule has 0 bridgehead atoms. The molecule has 3 heterocycles. The van der Waals surface area contributed by atoms with Crippen LogP contribution in [0.15, 0.2) is 0 Å². The van der Waals surface area contributed by atoms with Crippen molar-refractivity contribution in [1.82, 2.24) is 0 Å². The van der Waals surface area contributed by atoms with Crippen molar-refractivity contribution in [3.8, 4) is 0 Å². The number of rotatable bonds is 3. The third-order valence-electron chi connectivity index (χ3n) is 4.00. The van der Waals surface area contributed by atoms with Crippen LogP contribution in [-0.4, -0.2) is 59.7 Å². The summed E-state index contributed by atoms with van der Waals surface area (Å²) in [6.45, 7) is 9.33. The lowest BCUT2D eigenvalue weighted by atomic mass is 10.1. The van der Waals surface area contributed by atoms with Crippen LogP contribution in [0.2, 0.25) is 0 Å². The Kier molecular flexibility index (Phi) is 4.53. The van der Waals surface area contributed by atoms with Crippen molar-refractivity contribution >= 4 is 21.9 Å². The maximum atomic E-state index is 12.0. The van der Waals surface area contributed by atoms with Gasteiger partial charge in [0.25, 0.3) is 0 Å². The van der Waals surface area contributed by atoms with Crippen molar-refractivity contribution in [3.63, 3.8) is 0 Å². The largest absolute Gasteiger partial charge is 0.456 e. The van der Waals surface area contributed by atoms with Crippen LogP contribution in [0.4, 0.5) is 0 Å². The minimum Gasteiger partial charge on any atom is -0.456 e. The highest BCUT2D eigenvalue weighted by atomic mass is 79.9. The summed E-state index contributed by atoms with van der Waals surface area (Å²) in [5, 5.41) is 0. The molecule has 6 atom stereocenters. The summed E-state index contributed by atoms with van der Waals surface area (Å²) < 4.78 is 34.6. The number of hydrogen-bond acceptors (Lipinski definition) is 7. The van der Waals surface area contributed by atoms with Crippen LogP contribution in [0.5, 0.6) is 0 Å². The Balaban J connectivity index is 1.77. The molecule has 0 amide bonds. The van der Waals surface area contributed by atoms with Gasteiger partial charge in [0, 0.05) is 0 Å². The Morgan fingerprint density at radius 2 is 1.83 bits per heavy atom. The number of hydrogen-bond donors (Lipinski definition) is 0. The molecule has 0 aromatic heterocycles. The highest BCUT2D eigenvalue weighted by Gasteiger charge is 2.60. The van der Waals surface area contributed by atoms with Crippen LogP contribution in [0, 0.1) is 0 Å². The van der Waals surface area contributed by atoms with E-state index < -0.39 is 41.0 Å². The number of fused-ring (bicyclic) bond motifs is 1. The number of carbonyl (C=O) groups excluding carboxylic acids is 1. The van der Waals surface area contributed by atoms with Gasteiger partial charge in [0.1, 0.15) is 17.0 Å². The highest BCUT2D eigenvalue weighted by Crippen LogP contribution is 2.42. The van der Waals surface area contributed by atoms with E-state index in [1.807, 2.05) is 13.8 Å². The number of alkyl halides is 1. The van der Waals surface area contributed by atoms with Gasteiger partial charge in [-0.15, -0.1) is 0 Å². The van der Waals surface area contributed by atoms with Crippen molar-refractivity contribution in [2.45, 2.75) is 81.7 Å². The molecule has 0 N–H and O–H groups in total. The van der Waals surface area contributed by atoms with Crippen LogP contribution in [0.25, 0.3) is 0 Å². The van der Waals surface area contributed by atoms with E-state index in [1.54, 1.807) is 20.8 Å². The zero-order valence-corrected chi connectivity index (χ0v) is 15.5. The minimum atomic E-state index is -0.780. The lowest BCUT2D eigenvalue weighted by Crippen LogP contribution is -2.45. The molecule has 0 radical (unpaired) electrons. The van der Waals surface area contributed by atoms with Crippen molar-refractivity contribution < 1.29 is 33.2 Å². The molecule has 3 aliphatic heterocycles. The molecule has 0 aromatic rings. The number of halogens is 1. The zero-order chi connectivity index (χ0) is 17.0. The molecular formula is C15H23BrO7. The van der Waals surface area contributed by atoms with E-state index in [9.17, 15) is 4.79 Å². The molecular weight excluding hydrogens is 372 g/mol. The van der Waals surface area contributed by atoms with E-state index in [4.69, 9.17) is 28.4 Å². The van der Waals surface area contributed by atoms with Crippen LogP contribution < -0.4 is 0 Å². The van der Waals surface area contributed by atoms with Crippen LogP contribution in [0.3, 0.4) is 0 Å². The summed E-state index contributed by atoms with van der Waals surface area (Å²) in [6, 6.07) is 0. The van der Waals surface area contributed by atoms with E-state index in [2.05, 4.69) is 15.9 Å². The Morgan fingerprint density at radius 1 is 1.13 bits per heavy atom. The van der Waals surface area contributed by atoms with Gasteiger partial charge in [-0.05, 0) is 34.6 Å². The second-order valence-corrected chi connectivity index (χ2v) is 8.33. The monoisotopic (exact) mass is 394 g/mol. The molecule has 8 heteroatoms. The first kappa shape index (κ1) is 17.6. The van der Waals surface area contributed by atoms with Crippen molar-refractivity contribution in [2.75, 3.05) is 6.61 Å². The van der Waals surface area contributed by atoms with Crippen molar-refractivity contribution in [2.24, 2.45) is 0 Å². The van der Waals surface area contributed by atoms with E-state index in [0.717, 1.165) is 0 Å². The highest BCUT2D eigenvalue weighted by molar-refractivity contribution is 9.10. The second kappa shape index (κ2) is 5.93. The number of esters is 1. The first-order valence-corrected chi connectivity index (χ1v) is 8.67. The van der Waals surface area contributed by atoms with Crippen molar-refractivity contribution in [1.29, 1.82) is 0 Å². The third kappa shape index (κ3) is 3.57. The summed E-state index contributed by atoms with van der Waals surface area (Å²) >= 11 is 3.22. The quantitative estimate of drug-likeness (QED) is 0.532. The van der Waals surface area contributed by atoms with Gasteiger partial charge < -0.3 is 28.4 Å². The summed E-state index contributed by atoms with van der Waals surface area (Å²) in [4.78, 5) is 11.6. The lowest BCUT2D eigenvalue weighted by molar-refractivity contribution is -0.235. The smallest absolute Gasteiger partial charge is 0.319 e. The molecule has 23 heavy (non-hydrogen) atoms. The molecule has 3 saturated heterocycles. The fraction of sp³-hybridized carbons (Fsp3) is 0.933. The minimum absolute atomic E-state index is 0.352. The van der Waals surface area contributed by atoms with E-state index in [1.165, 1.54) is 0 Å². The van der Waals surface area contributed by atoms with E-state index in [-0.39, 0.29) is 12.1 Å². The summed E-state index contributed by atoms with van der Waals surface area (Å²) in [5.41, 5.74) is 0. The molecule has 0 aromatic carbocycles. The Labute approximate surface area is 144 Å². The van der Waals surface area contributed by atoms with Crippen LogP contribution in [0.1, 0.15) is 34.6 Å². The van der Waals surface area contributed by atoms with Crippen LogP contribution >= 0.6 is 15.9 Å². The number of carbonyl (C=O) groups is 1. The van der Waals surface area contributed by atoms with Gasteiger partial charge in [0.2, 0.25) is 0 Å². The SMILES string of the molecule is CC(Br)C(=O)O[C@H]1[C@H]2OC(C)(C)O[C@H]2O[C@@H]1[C@H]1COC(C)(C)O1. The molecule has 0 saturated carbocycles. The van der Waals surface area contributed by atoms with Gasteiger partial charge in [-0.25, -0.2) is 0 Å². The van der Waals surface area contributed by atoms with Gasteiger partial charge in [0.05, 0.1) is 6.61 Å². The van der Waals surface area contributed by atoms with E-state index in [0.29, 0.717) is 6.61 Å². The maximum absolute atomic E-state index is 12.0. The molecule has 7 nitrogen and oxygen atoms in total. The lowest BCUT2D eigenvalue weighted by Gasteiger charge is -2.29. The predicted molar refractivity (Wildman–Crippen MR) is 81.9 cm³/mol. The Hall–Kier alpha value is -0.250. The Morgan fingerprint density at radius 3 is 2.39 bits per heavy atom. The van der Waals surface area contributed by atoms with Crippen molar-refractivity contribution in [3.05, 3.63) is 0 Å². The molecule has 3 rings (SSSR count). The molecule has 0 spiro atoms. The topological polar surface area (TPSA) is 72.5 Å². The second-order valence-electron chi connectivity index (χ2n) is 6.95. The molecule has 132 valence electrons. The van der Waals surface area contributed by atoms with Gasteiger partial charge in [-0.1, -0.05) is 15.9 Å². The summed E-state index contributed by atoms with van der Waals surface area (Å²) in [5.74, 6) is -1.85. The maximum Gasteiger partial charge on any atom is 0.319 e. The predicted octanol–water partition coefficient (Wildman–Crippen LogP) is 1.71. The van der Waals surface area contributed by atoms with Gasteiger partial charge >= 0.3 is 5.97 Å². The first-order chi connectivity index (χ1) is 10.6. The zero-order valence-electron chi connectivity index (χ0n) is 13.9.